The van der Waals surface area contributed by atoms with Crippen LogP contribution in [-0.4, -0.2) is 11.8 Å². The number of para-hydroxylation sites is 2. The summed E-state index contributed by atoms with van der Waals surface area (Å²) in [6.07, 6.45) is 5.27. The quantitative estimate of drug-likeness (QED) is 0.623. The number of hydrogen-bond acceptors (Lipinski definition) is 3. The molecular weight excluding hydrogens is 340 g/mol. The van der Waals surface area contributed by atoms with Gasteiger partial charge >= 0.3 is 0 Å². The second kappa shape index (κ2) is 8.67. The maximum Gasteiger partial charge on any atom is 0.257 e. The van der Waals surface area contributed by atoms with Crippen molar-refractivity contribution in [1.29, 1.82) is 0 Å². The molecule has 5 heteroatoms. The van der Waals surface area contributed by atoms with Crippen LogP contribution in [0, 0.1) is 0 Å². The highest BCUT2D eigenvalue weighted by Crippen LogP contribution is 2.20. The van der Waals surface area contributed by atoms with Gasteiger partial charge in [0.1, 0.15) is 5.76 Å². The molecule has 0 spiro atoms. The van der Waals surface area contributed by atoms with Crippen molar-refractivity contribution < 1.29 is 14.0 Å². The third-order valence-electron chi connectivity index (χ3n) is 4.02. The summed E-state index contributed by atoms with van der Waals surface area (Å²) in [5, 5.41) is 5.66. The predicted octanol–water partition coefficient (Wildman–Crippen LogP) is 4.75. The fraction of sp³-hybridized carbons (Fsp3) is 0.0909. The van der Waals surface area contributed by atoms with E-state index in [0.717, 1.165) is 17.7 Å². The number of carbonyl (C=O) groups is 2. The van der Waals surface area contributed by atoms with Gasteiger partial charge in [-0.25, -0.2) is 0 Å². The average molecular weight is 360 g/mol. The molecule has 0 atom stereocenters. The summed E-state index contributed by atoms with van der Waals surface area (Å²) in [6.45, 7) is 2.03. The first-order valence-corrected chi connectivity index (χ1v) is 8.68. The summed E-state index contributed by atoms with van der Waals surface area (Å²) in [4.78, 5) is 24.9. The number of benzene rings is 2. The minimum atomic E-state index is -0.347. The van der Waals surface area contributed by atoms with Crippen LogP contribution in [-0.2, 0) is 11.2 Å². The standard InChI is InChI=1S/C22H20N2O3/c1-2-16-8-3-5-11-19(16)24-22(26)18-10-4-6-12-20(18)23-21(25)14-13-17-9-7-15-27-17/h3-15H,2H2,1H3,(H,23,25)(H,24,26)/b14-13+. The highest BCUT2D eigenvalue weighted by molar-refractivity contribution is 6.11. The van der Waals surface area contributed by atoms with Crippen molar-refractivity contribution in [3.63, 3.8) is 0 Å². The van der Waals surface area contributed by atoms with Crippen molar-refractivity contribution in [1.82, 2.24) is 0 Å². The van der Waals surface area contributed by atoms with E-state index in [1.807, 2.05) is 31.2 Å². The summed E-state index contributed by atoms with van der Waals surface area (Å²) in [5.41, 5.74) is 2.65. The normalized spacial score (nSPS) is 10.7. The van der Waals surface area contributed by atoms with E-state index in [2.05, 4.69) is 10.6 Å². The zero-order valence-corrected chi connectivity index (χ0v) is 14.9. The van der Waals surface area contributed by atoms with Crippen LogP contribution in [0.3, 0.4) is 0 Å². The first kappa shape index (κ1) is 18.2. The van der Waals surface area contributed by atoms with Crippen molar-refractivity contribution in [3.8, 4) is 0 Å². The molecule has 0 saturated heterocycles. The molecule has 0 aliphatic carbocycles. The summed E-state index contributed by atoms with van der Waals surface area (Å²) < 4.78 is 5.15. The van der Waals surface area contributed by atoms with Crippen molar-refractivity contribution in [3.05, 3.63) is 89.9 Å². The molecule has 3 rings (SSSR count). The Hall–Kier alpha value is -3.60. The fourth-order valence-electron chi connectivity index (χ4n) is 2.65. The van der Waals surface area contributed by atoms with Gasteiger partial charge in [0.05, 0.1) is 17.5 Å². The molecule has 3 aromatic rings. The zero-order chi connectivity index (χ0) is 19.1. The first-order chi connectivity index (χ1) is 13.2. The Bertz CT molecular complexity index is 959. The zero-order valence-electron chi connectivity index (χ0n) is 14.9. The molecule has 5 nitrogen and oxygen atoms in total. The fourth-order valence-corrected chi connectivity index (χ4v) is 2.65. The van der Waals surface area contributed by atoms with Crippen LogP contribution in [0.5, 0.6) is 0 Å². The monoisotopic (exact) mass is 360 g/mol. The highest BCUT2D eigenvalue weighted by Gasteiger charge is 2.13. The van der Waals surface area contributed by atoms with Gasteiger partial charge in [-0.3, -0.25) is 9.59 Å². The third kappa shape index (κ3) is 4.73. The number of rotatable bonds is 6. The van der Waals surface area contributed by atoms with E-state index in [9.17, 15) is 9.59 Å². The molecule has 0 radical (unpaired) electrons. The average Bonchev–Trinajstić information content (AvgIpc) is 3.21. The Labute approximate surface area is 157 Å². The lowest BCUT2D eigenvalue weighted by Gasteiger charge is -2.12. The molecule has 27 heavy (non-hydrogen) atoms. The van der Waals surface area contributed by atoms with Crippen LogP contribution in [0.25, 0.3) is 6.08 Å². The number of carbonyl (C=O) groups excluding carboxylic acids is 2. The predicted molar refractivity (Wildman–Crippen MR) is 107 cm³/mol. The van der Waals surface area contributed by atoms with Gasteiger partial charge in [0.2, 0.25) is 5.91 Å². The number of anilines is 2. The van der Waals surface area contributed by atoms with E-state index in [4.69, 9.17) is 4.42 Å². The molecule has 136 valence electrons. The largest absolute Gasteiger partial charge is 0.465 e. The molecular formula is C22H20N2O3. The van der Waals surface area contributed by atoms with Gasteiger partial charge in [0.15, 0.2) is 0 Å². The maximum absolute atomic E-state index is 12.7. The van der Waals surface area contributed by atoms with Gasteiger partial charge < -0.3 is 15.1 Å². The van der Waals surface area contributed by atoms with Crippen LogP contribution < -0.4 is 10.6 Å². The van der Waals surface area contributed by atoms with Crippen molar-refractivity contribution in [2.45, 2.75) is 13.3 Å². The summed E-state index contributed by atoms with van der Waals surface area (Å²) in [5.74, 6) is -0.0465. The molecule has 0 aliphatic rings. The number of aryl methyl sites for hydroxylation is 1. The second-order valence-corrected chi connectivity index (χ2v) is 5.85. The number of amides is 2. The topological polar surface area (TPSA) is 71.3 Å². The number of furan rings is 1. The lowest BCUT2D eigenvalue weighted by Crippen LogP contribution is -2.17. The third-order valence-corrected chi connectivity index (χ3v) is 4.02. The van der Waals surface area contributed by atoms with Gasteiger partial charge in [0.25, 0.3) is 5.91 Å². The highest BCUT2D eigenvalue weighted by atomic mass is 16.3. The van der Waals surface area contributed by atoms with E-state index in [-0.39, 0.29) is 11.8 Å². The Kier molecular flexibility index (Phi) is 5.84. The van der Waals surface area contributed by atoms with Crippen LogP contribution in [0.4, 0.5) is 11.4 Å². The van der Waals surface area contributed by atoms with E-state index < -0.39 is 0 Å². The van der Waals surface area contributed by atoms with E-state index in [1.54, 1.807) is 42.5 Å². The summed E-state index contributed by atoms with van der Waals surface area (Å²) >= 11 is 0. The van der Waals surface area contributed by atoms with Crippen molar-refractivity contribution in [2.75, 3.05) is 10.6 Å². The SMILES string of the molecule is CCc1ccccc1NC(=O)c1ccccc1NC(=O)/C=C/c1ccco1. The van der Waals surface area contributed by atoms with Crippen molar-refractivity contribution >= 4 is 29.3 Å². The summed E-state index contributed by atoms with van der Waals surface area (Å²) in [6, 6.07) is 18.0. The Morgan fingerprint density at radius 2 is 1.67 bits per heavy atom. The van der Waals surface area contributed by atoms with Gasteiger partial charge in [-0.15, -0.1) is 0 Å². The molecule has 0 bridgehead atoms. The molecule has 0 saturated carbocycles. The molecule has 2 N–H and O–H groups in total. The van der Waals surface area contributed by atoms with Gasteiger partial charge in [0, 0.05) is 11.8 Å². The van der Waals surface area contributed by atoms with Gasteiger partial charge in [-0.1, -0.05) is 37.3 Å². The Morgan fingerprint density at radius 1 is 0.926 bits per heavy atom. The lowest BCUT2D eigenvalue weighted by molar-refractivity contribution is -0.111. The number of hydrogen-bond donors (Lipinski definition) is 2. The van der Waals surface area contributed by atoms with Crippen molar-refractivity contribution in [2.24, 2.45) is 0 Å². The second-order valence-electron chi connectivity index (χ2n) is 5.85. The van der Waals surface area contributed by atoms with E-state index in [0.29, 0.717) is 17.0 Å². The molecule has 2 amide bonds. The Morgan fingerprint density at radius 3 is 2.41 bits per heavy atom. The van der Waals surface area contributed by atoms with E-state index >= 15 is 0 Å². The summed E-state index contributed by atoms with van der Waals surface area (Å²) in [7, 11) is 0. The van der Waals surface area contributed by atoms with E-state index in [1.165, 1.54) is 12.3 Å². The van der Waals surface area contributed by atoms with Gasteiger partial charge in [-0.05, 0) is 48.4 Å². The maximum atomic E-state index is 12.7. The van der Waals surface area contributed by atoms with Crippen LogP contribution >= 0.6 is 0 Å². The number of nitrogens with one attached hydrogen (secondary N) is 2. The smallest absolute Gasteiger partial charge is 0.257 e. The molecule has 0 aliphatic heterocycles. The van der Waals surface area contributed by atoms with Crippen LogP contribution in [0.15, 0.2) is 77.4 Å². The van der Waals surface area contributed by atoms with Crippen LogP contribution in [0.1, 0.15) is 28.6 Å². The molecule has 0 unspecified atom stereocenters. The molecule has 2 aromatic carbocycles. The lowest BCUT2D eigenvalue weighted by atomic mass is 10.1. The van der Waals surface area contributed by atoms with Gasteiger partial charge in [-0.2, -0.15) is 0 Å². The molecule has 1 heterocycles. The molecule has 0 fully saturated rings. The molecule has 1 aromatic heterocycles. The minimum absolute atomic E-state index is 0.276. The van der Waals surface area contributed by atoms with Crippen LogP contribution in [0.2, 0.25) is 0 Å². The minimum Gasteiger partial charge on any atom is -0.465 e. The Balaban J connectivity index is 1.75. The first-order valence-electron chi connectivity index (χ1n) is 8.68.